The van der Waals surface area contributed by atoms with E-state index in [0.717, 1.165) is 16.0 Å². The van der Waals surface area contributed by atoms with Gasteiger partial charge in [-0.2, -0.15) is 14.6 Å². The molecule has 31 heavy (non-hydrogen) atoms. The van der Waals surface area contributed by atoms with Gasteiger partial charge in [-0.1, -0.05) is 0 Å². The minimum Gasteiger partial charge on any atom is -0.369 e. The molecule has 12 heteroatoms. The molecule has 166 valence electrons. The first kappa shape index (κ1) is 21.5. The van der Waals surface area contributed by atoms with Crippen molar-refractivity contribution in [3.05, 3.63) is 34.6 Å². The van der Waals surface area contributed by atoms with Gasteiger partial charge in [0.25, 0.3) is 5.91 Å². The maximum atomic E-state index is 14.3. The third kappa shape index (κ3) is 4.10. The minimum absolute atomic E-state index is 0.115. The van der Waals surface area contributed by atoms with Gasteiger partial charge in [0.2, 0.25) is 5.95 Å². The van der Waals surface area contributed by atoms with Gasteiger partial charge in [0.05, 0.1) is 35.4 Å². The lowest BCUT2D eigenvalue weighted by Gasteiger charge is -2.17. The highest BCUT2D eigenvalue weighted by Gasteiger charge is 2.30. The zero-order chi connectivity index (χ0) is 22.3. The van der Waals surface area contributed by atoms with Crippen molar-refractivity contribution in [2.75, 3.05) is 11.9 Å². The SMILES string of the molecule is Cc1nn(C)c(F)c1-c1nc(C(=O)Nc2cnn(C)c2[C@@H]2CC[C@@H](N)[C@H](F)CO2)cs1. The van der Waals surface area contributed by atoms with Gasteiger partial charge in [-0.25, -0.2) is 14.1 Å². The van der Waals surface area contributed by atoms with E-state index in [1.165, 1.54) is 13.2 Å². The molecule has 1 aliphatic rings. The Bertz CT molecular complexity index is 1100. The number of alkyl halides is 1. The van der Waals surface area contributed by atoms with Crippen molar-refractivity contribution in [1.29, 1.82) is 0 Å². The summed E-state index contributed by atoms with van der Waals surface area (Å²) in [6, 6.07) is -0.582. The summed E-state index contributed by atoms with van der Waals surface area (Å²) in [5, 5.41) is 13.0. The zero-order valence-corrected chi connectivity index (χ0v) is 18.1. The molecule has 0 aromatic carbocycles. The van der Waals surface area contributed by atoms with Gasteiger partial charge >= 0.3 is 0 Å². The van der Waals surface area contributed by atoms with Gasteiger partial charge < -0.3 is 15.8 Å². The molecule has 0 bridgehead atoms. The maximum Gasteiger partial charge on any atom is 0.275 e. The average Bonchev–Trinajstić information content (AvgIpc) is 3.37. The number of rotatable bonds is 4. The second-order valence-corrected chi connectivity index (χ2v) is 8.37. The normalized spacial score (nSPS) is 21.8. The number of carbonyl (C=O) groups excluding carboxylic acids is 1. The standard InChI is InChI=1S/C19H23F2N7O2S/c1-9-15(17(21)28(3)26-9)19-25-13(8-31-19)18(29)24-12-6-23-27(2)16(12)14-5-4-11(22)10(20)7-30-14/h6,8,10-11,14H,4-5,7,22H2,1-3H3,(H,24,29)/t10-,11-,14+/m1/s1. The fourth-order valence-electron chi connectivity index (χ4n) is 3.63. The molecule has 4 rings (SSSR count). The largest absolute Gasteiger partial charge is 0.369 e. The van der Waals surface area contributed by atoms with Crippen molar-refractivity contribution in [2.24, 2.45) is 19.8 Å². The van der Waals surface area contributed by atoms with Gasteiger partial charge in [-0.3, -0.25) is 9.48 Å². The van der Waals surface area contributed by atoms with Crippen LogP contribution in [0.25, 0.3) is 10.6 Å². The first-order chi connectivity index (χ1) is 14.8. The van der Waals surface area contributed by atoms with E-state index in [-0.39, 0.29) is 17.9 Å². The van der Waals surface area contributed by atoms with Crippen LogP contribution >= 0.6 is 11.3 Å². The molecule has 3 atom stereocenters. The lowest BCUT2D eigenvalue weighted by Crippen LogP contribution is -2.32. The van der Waals surface area contributed by atoms with Crippen LogP contribution in [0.5, 0.6) is 0 Å². The number of nitrogens with zero attached hydrogens (tertiary/aromatic N) is 5. The molecule has 4 heterocycles. The number of nitrogens with one attached hydrogen (secondary N) is 1. The molecular weight excluding hydrogens is 428 g/mol. The zero-order valence-electron chi connectivity index (χ0n) is 17.3. The lowest BCUT2D eigenvalue weighted by atomic mass is 10.0. The van der Waals surface area contributed by atoms with Crippen LogP contribution in [-0.2, 0) is 18.8 Å². The van der Waals surface area contributed by atoms with E-state index in [9.17, 15) is 13.6 Å². The smallest absolute Gasteiger partial charge is 0.275 e. The molecule has 3 aromatic heterocycles. The van der Waals surface area contributed by atoms with Crippen molar-refractivity contribution < 1.29 is 18.3 Å². The first-order valence-electron chi connectivity index (χ1n) is 9.75. The molecule has 0 aliphatic carbocycles. The summed E-state index contributed by atoms with van der Waals surface area (Å²) in [6.07, 6.45) is 0.779. The van der Waals surface area contributed by atoms with E-state index in [1.807, 2.05) is 0 Å². The summed E-state index contributed by atoms with van der Waals surface area (Å²) >= 11 is 1.16. The summed E-state index contributed by atoms with van der Waals surface area (Å²) in [7, 11) is 3.23. The van der Waals surface area contributed by atoms with Crippen LogP contribution in [0, 0.1) is 12.9 Å². The summed E-state index contributed by atoms with van der Waals surface area (Å²) in [5.74, 6) is -0.976. The number of hydrogen-bond acceptors (Lipinski definition) is 7. The van der Waals surface area contributed by atoms with Crippen LogP contribution < -0.4 is 11.1 Å². The quantitative estimate of drug-likeness (QED) is 0.630. The second kappa shape index (κ2) is 8.44. The molecule has 0 saturated carbocycles. The molecule has 3 N–H and O–H groups in total. The van der Waals surface area contributed by atoms with Gasteiger partial charge in [0, 0.05) is 25.5 Å². The topological polar surface area (TPSA) is 113 Å². The Kier molecular flexibility index (Phi) is 5.86. The summed E-state index contributed by atoms with van der Waals surface area (Å²) in [4.78, 5) is 17.1. The Balaban J connectivity index is 1.55. The molecule has 1 amide bonds. The van der Waals surface area contributed by atoms with Gasteiger partial charge in [0.1, 0.15) is 23.0 Å². The number of anilines is 1. The van der Waals surface area contributed by atoms with E-state index >= 15 is 0 Å². The van der Waals surface area contributed by atoms with E-state index in [0.29, 0.717) is 34.9 Å². The Morgan fingerprint density at radius 2 is 2.13 bits per heavy atom. The Morgan fingerprint density at radius 3 is 2.84 bits per heavy atom. The molecule has 0 radical (unpaired) electrons. The maximum absolute atomic E-state index is 14.3. The number of nitrogens with two attached hydrogens (primary N) is 1. The van der Waals surface area contributed by atoms with Crippen LogP contribution in [0.4, 0.5) is 14.5 Å². The molecule has 1 fully saturated rings. The summed E-state index contributed by atoms with van der Waals surface area (Å²) in [5.41, 5.74) is 7.79. The van der Waals surface area contributed by atoms with Crippen LogP contribution in [0.3, 0.4) is 0 Å². The van der Waals surface area contributed by atoms with E-state index in [4.69, 9.17) is 10.5 Å². The van der Waals surface area contributed by atoms with Crippen LogP contribution in [0.15, 0.2) is 11.6 Å². The van der Waals surface area contributed by atoms with Crippen molar-refractivity contribution in [2.45, 2.75) is 38.1 Å². The highest BCUT2D eigenvalue weighted by molar-refractivity contribution is 7.13. The van der Waals surface area contributed by atoms with Crippen LogP contribution in [0.1, 0.15) is 40.8 Å². The molecule has 3 aromatic rings. The van der Waals surface area contributed by atoms with Gasteiger partial charge in [0.15, 0.2) is 0 Å². The number of aromatic nitrogens is 5. The van der Waals surface area contributed by atoms with Crippen molar-refractivity contribution in [1.82, 2.24) is 24.5 Å². The van der Waals surface area contributed by atoms with E-state index in [2.05, 4.69) is 20.5 Å². The molecule has 1 saturated heterocycles. The first-order valence-corrected chi connectivity index (χ1v) is 10.6. The Morgan fingerprint density at radius 1 is 1.35 bits per heavy atom. The number of carbonyl (C=O) groups is 1. The highest BCUT2D eigenvalue weighted by Crippen LogP contribution is 2.33. The Labute approximate surface area is 181 Å². The molecule has 0 unspecified atom stereocenters. The molecule has 9 nitrogen and oxygen atoms in total. The average molecular weight is 452 g/mol. The molecular formula is C19H23F2N7O2S. The van der Waals surface area contributed by atoms with Gasteiger partial charge in [-0.05, 0) is 19.8 Å². The molecule has 0 spiro atoms. The van der Waals surface area contributed by atoms with E-state index < -0.39 is 30.2 Å². The number of thiazole rings is 1. The number of aryl methyl sites for hydroxylation is 3. The van der Waals surface area contributed by atoms with Gasteiger partial charge in [-0.15, -0.1) is 11.3 Å². The lowest BCUT2D eigenvalue weighted by molar-refractivity contribution is 0.0247. The third-order valence-electron chi connectivity index (χ3n) is 5.32. The van der Waals surface area contributed by atoms with Crippen LogP contribution in [-0.4, -0.2) is 49.3 Å². The summed E-state index contributed by atoms with van der Waals surface area (Å²) in [6.45, 7) is 1.57. The number of amides is 1. The van der Waals surface area contributed by atoms with Crippen molar-refractivity contribution in [3.63, 3.8) is 0 Å². The fraction of sp³-hybridized carbons (Fsp3) is 0.474. The minimum atomic E-state index is -1.24. The summed E-state index contributed by atoms with van der Waals surface area (Å²) < 4.78 is 36.6. The monoisotopic (exact) mass is 451 g/mol. The second-order valence-electron chi connectivity index (χ2n) is 7.51. The molecule has 1 aliphatic heterocycles. The van der Waals surface area contributed by atoms with E-state index in [1.54, 1.807) is 24.0 Å². The predicted octanol–water partition coefficient (Wildman–Crippen LogP) is 2.49. The number of ether oxygens (including phenoxy) is 1. The Hall–Kier alpha value is -2.70. The number of hydrogen-bond donors (Lipinski definition) is 2. The highest BCUT2D eigenvalue weighted by atomic mass is 32.1. The number of halogens is 2. The van der Waals surface area contributed by atoms with Crippen molar-refractivity contribution >= 4 is 22.9 Å². The van der Waals surface area contributed by atoms with Crippen LogP contribution in [0.2, 0.25) is 0 Å². The third-order valence-corrected chi connectivity index (χ3v) is 6.18. The van der Waals surface area contributed by atoms with Crippen molar-refractivity contribution in [3.8, 4) is 10.6 Å². The predicted molar refractivity (Wildman–Crippen MR) is 111 cm³/mol. The fourth-order valence-corrected chi connectivity index (χ4v) is 4.52.